The summed E-state index contributed by atoms with van der Waals surface area (Å²) < 4.78 is 0. The van der Waals surface area contributed by atoms with E-state index in [1.807, 2.05) is 13.8 Å². The number of nitrogens with zero attached hydrogens (tertiary/aromatic N) is 1. The quantitative estimate of drug-likeness (QED) is 0.698. The Morgan fingerprint density at radius 1 is 1.56 bits per heavy atom. The number of carbonyl (C=O) groups excluding carboxylic acids is 1. The van der Waals surface area contributed by atoms with Crippen molar-refractivity contribution in [3.05, 3.63) is 17.0 Å². The minimum atomic E-state index is -0.0301. The minimum Gasteiger partial charge on any atom is -0.350 e. The van der Waals surface area contributed by atoms with Crippen molar-refractivity contribution in [2.45, 2.75) is 32.7 Å². The molecule has 1 atom stereocenters. The van der Waals surface area contributed by atoms with Crippen LogP contribution in [0.2, 0.25) is 0 Å². The summed E-state index contributed by atoms with van der Waals surface area (Å²) in [6.45, 7) is 5.46. The molecule has 1 amide bonds. The molecule has 1 fully saturated rings. The Kier molecular flexibility index (Phi) is 3.24. The van der Waals surface area contributed by atoms with Gasteiger partial charge in [0.25, 0.3) is 5.91 Å². The molecule has 0 aliphatic carbocycles. The lowest BCUT2D eigenvalue weighted by molar-refractivity contribution is 0.0949. The van der Waals surface area contributed by atoms with Crippen molar-refractivity contribution in [1.82, 2.24) is 20.8 Å². The number of hydrogen-bond donors (Lipinski definition) is 3. The van der Waals surface area contributed by atoms with E-state index in [4.69, 9.17) is 0 Å². The highest BCUT2D eigenvalue weighted by molar-refractivity contribution is 5.96. The summed E-state index contributed by atoms with van der Waals surface area (Å²) in [5.74, 6) is -0.0301. The molecule has 2 heterocycles. The van der Waals surface area contributed by atoms with Crippen LogP contribution in [0.5, 0.6) is 0 Å². The first-order chi connectivity index (χ1) is 7.68. The van der Waals surface area contributed by atoms with E-state index in [0.29, 0.717) is 18.2 Å². The van der Waals surface area contributed by atoms with Crippen LogP contribution in [-0.2, 0) is 0 Å². The van der Waals surface area contributed by atoms with Crippen LogP contribution in [0.1, 0.15) is 34.6 Å². The summed E-state index contributed by atoms with van der Waals surface area (Å²) in [7, 11) is 0. The predicted molar refractivity (Wildman–Crippen MR) is 61.4 cm³/mol. The van der Waals surface area contributed by atoms with E-state index in [9.17, 15) is 4.79 Å². The molecule has 5 heteroatoms. The monoisotopic (exact) mass is 222 g/mol. The molecule has 0 aromatic carbocycles. The number of nitrogens with one attached hydrogen (secondary N) is 3. The van der Waals surface area contributed by atoms with E-state index in [1.54, 1.807) is 0 Å². The third-order valence-corrected chi connectivity index (χ3v) is 3.03. The maximum atomic E-state index is 11.9. The van der Waals surface area contributed by atoms with Gasteiger partial charge in [-0.2, -0.15) is 5.10 Å². The Balaban J connectivity index is 1.92. The molecule has 0 saturated carbocycles. The summed E-state index contributed by atoms with van der Waals surface area (Å²) in [4.78, 5) is 11.9. The first kappa shape index (κ1) is 11.1. The fourth-order valence-corrected chi connectivity index (χ4v) is 2.12. The van der Waals surface area contributed by atoms with Gasteiger partial charge in [-0.25, -0.2) is 0 Å². The molecule has 0 spiro atoms. The Morgan fingerprint density at radius 3 is 2.94 bits per heavy atom. The van der Waals surface area contributed by atoms with Gasteiger partial charge in [-0.15, -0.1) is 0 Å². The fourth-order valence-electron chi connectivity index (χ4n) is 2.12. The molecule has 0 radical (unpaired) electrons. The normalized spacial score (nSPS) is 20.0. The average molecular weight is 222 g/mol. The van der Waals surface area contributed by atoms with Crippen molar-refractivity contribution in [3.63, 3.8) is 0 Å². The zero-order chi connectivity index (χ0) is 11.5. The van der Waals surface area contributed by atoms with E-state index < -0.39 is 0 Å². The zero-order valence-electron chi connectivity index (χ0n) is 9.76. The molecule has 1 unspecified atom stereocenters. The second-order valence-corrected chi connectivity index (χ2v) is 4.31. The first-order valence-electron chi connectivity index (χ1n) is 5.71. The number of H-pyrrole nitrogens is 1. The Labute approximate surface area is 95.0 Å². The lowest BCUT2D eigenvalue weighted by atomic mass is 10.1. The summed E-state index contributed by atoms with van der Waals surface area (Å²) in [6, 6.07) is 0.427. The Bertz CT molecular complexity index is 360. The van der Waals surface area contributed by atoms with E-state index in [2.05, 4.69) is 20.8 Å². The SMILES string of the molecule is Cc1n[nH]c(C)c1C(=O)NCC1CCCN1. The molecule has 1 aromatic heterocycles. The molecule has 5 nitrogen and oxygen atoms in total. The molecular weight excluding hydrogens is 204 g/mol. The lowest BCUT2D eigenvalue weighted by Crippen LogP contribution is -2.37. The van der Waals surface area contributed by atoms with Crippen LogP contribution in [-0.4, -0.2) is 35.2 Å². The Hall–Kier alpha value is -1.36. The van der Waals surface area contributed by atoms with E-state index in [0.717, 1.165) is 24.4 Å². The highest BCUT2D eigenvalue weighted by Crippen LogP contribution is 2.09. The highest BCUT2D eigenvalue weighted by atomic mass is 16.1. The van der Waals surface area contributed by atoms with E-state index >= 15 is 0 Å². The highest BCUT2D eigenvalue weighted by Gasteiger charge is 2.18. The average Bonchev–Trinajstić information content (AvgIpc) is 2.86. The van der Waals surface area contributed by atoms with Crippen LogP contribution < -0.4 is 10.6 Å². The molecule has 16 heavy (non-hydrogen) atoms. The van der Waals surface area contributed by atoms with Crippen LogP contribution >= 0.6 is 0 Å². The van der Waals surface area contributed by atoms with Crippen molar-refractivity contribution in [1.29, 1.82) is 0 Å². The van der Waals surface area contributed by atoms with E-state index in [1.165, 1.54) is 6.42 Å². The van der Waals surface area contributed by atoms with Crippen LogP contribution in [0.15, 0.2) is 0 Å². The second-order valence-electron chi connectivity index (χ2n) is 4.31. The van der Waals surface area contributed by atoms with Crippen molar-refractivity contribution >= 4 is 5.91 Å². The van der Waals surface area contributed by atoms with Crippen LogP contribution in [0, 0.1) is 13.8 Å². The molecule has 1 aliphatic heterocycles. The maximum absolute atomic E-state index is 11.9. The van der Waals surface area contributed by atoms with Gasteiger partial charge in [-0.3, -0.25) is 9.89 Å². The largest absolute Gasteiger partial charge is 0.350 e. The standard InChI is InChI=1S/C11H18N4O/c1-7-10(8(2)15-14-7)11(16)13-6-9-4-3-5-12-9/h9,12H,3-6H2,1-2H3,(H,13,16)(H,14,15). The summed E-state index contributed by atoms with van der Waals surface area (Å²) in [5.41, 5.74) is 2.27. The van der Waals surface area contributed by atoms with Crippen molar-refractivity contribution < 1.29 is 4.79 Å². The van der Waals surface area contributed by atoms with Gasteiger partial charge in [-0.1, -0.05) is 0 Å². The molecular formula is C11H18N4O. The molecule has 2 rings (SSSR count). The molecule has 1 aliphatic rings. The summed E-state index contributed by atoms with van der Waals surface area (Å²) in [6.07, 6.45) is 2.34. The van der Waals surface area contributed by atoms with Gasteiger partial charge in [0.05, 0.1) is 11.3 Å². The number of aryl methyl sites for hydroxylation is 2. The van der Waals surface area contributed by atoms with Gasteiger partial charge >= 0.3 is 0 Å². The lowest BCUT2D eigenvalue weighted by Gasteiger charge is -2.11. The third kappa shape index (κ3) is 2.24. The van der Waals surface area contributed by atoms with Crippen molar-refractivity contribution in [2.75, 3.05) is 13.1 Å². The molecule has 3 N–H and O–H groups in total. The van der Waals surface area contributed by atoms with Crippen molar-refractivity contribution in [3.8, 4) is 0 Å². The van der Waals surface area contributed by atoms with Gasteiger partial charge in [0.1, 0.15) is 0 Å². The predicted octanol–water partition coefficient (Wildman–Crippen LogP) is 0.508. The van der Waals surface area contributed by atoms with Crippen molar-refractivity contribution in [2.24, 2.45) is 0 Å². The first-order valence-corrected chi connectivity index (χ1v) is 5.71. The van der Waals surface area contributed by atoms with Gasteiger partial charge < -0.3 is 10.6 Å². The van der Waals surface area contributed by atoms with Gasteiger partial charge in [0.2, 0.25) is 0 Å². The molecule has 88 valence electrons. The molecule has 0 bridgehead atoms. The smallest absolute Gasteiger partial charge is 0.255 e. The van der Waals surface area contributed by atoms with Gasteiger partial charge in [0, 0.05) is 18.3 Å². The van der Waals surface area contributed by atoms with Gasteiger partial charge in [-0.05, 0) is 33.2 Å². The molecule has 1 saturated heterocycles. The second kappa shape index (κ2) is 4.65. The Morgan fingerprint density at radius 2 is 2.38 bits per heavy atom. The van der Waals surface area contributed by atoms with Gasteiger partial charge in [0.15, 0.2) is 0 Å². The number of amides is 1. The maximum Gasteiger partial charge on any atom is 0.255 e. The van der Waals surface area contributed by atoms with E-state index in [-0.39, 0.29) is 5.91 Å². The van der Waals surface area contributed by atoms with Crippen LogP contribution in [0.25, 0.3) is 0 Å². The van der Waals surface area contributed by atoms with Crippen LogP contribution in [0.3, 0.4) is 0 Å². The summed E-state index contributed by atoms with van der Waals surface area (Å²) in [5, 5.41) is 13.1. The number of rotatable bonds is 3. The topological polar surface area (TPSA) is 69.8 Å². The third-order valence-electron chi connectivity index (χ3n) is 3.03. The molecule has 1 aromatic rings. The minimum absolute atomic E-state index is 0.0301. The number of aromatic nitrogens is 2. The fraction of sp³-hybridized carbons (Fsp3) is 0.636. The number of hydrogen-bond acceptors (Lipinski definition) is 3. The van der Waals surface area contributed by atoms with Crippen LogP contribution in [0.4, 0.5) is 0 Å². The zero-order valence-corrected chi connectivity index (χ0v) is 9.76. The number of carbonyl (C=O) groups is 1. The summed E-state index contributed by atoms with van der Waals surface area (Å²) >= 11 is 0. The number of aromatic amines is 1.